The maximum Gasteiger partial charge on any atom is 0.0973 e. The minimum absolute atomic E-state index is 0.609. The van der Waals surface area contributed by atoms with Crippen LogP contribution in [0.2, 0.25) is 0 Å². The van der Waals surface area contributed by atoms with E-state index in [-0.39, 0.29) is 0 Å². The van der Waals surface area contributed by atoms with Crippen molar-refractivity contribution in [3.05, 3.63) is 0 Å². The summed E-state index contributed by atoms with van der Waals surface area (Å²) in [6, 6.07) is 0. The molecule has 0 saturated heterocycles. The van der Waals surface area contributed by atoms with Crippen molar-refractivity contribution in [2.75, 3.05) is 13.2 Å². The van der Waals surface area contributed by atoms with Crippen LogP contribution in [0.25, 0.3) is 0 Å². The lowest BCUT2D eigenvalue weighted by atomic mass is 10.0. The molecule has 0 spiro atoms. The van der Waals surface area contributed by atoms with Gasteiger partial charge in [0.2, 0.25) is 0 Å². The van der Waals surface area contributed by atoms with E-state index in [2.05, 4.69) is 13.8 Å². The summed E-state index contributed by atoms with van der Waals surface area (Å²) in [4.78, 5) is 0. The second-order valence-corrected chi connectivity index (χ2v) is 8.79. The van der Waals surface area contributed by atoms with E-state index in [1.54, 1.807) is 6.92 Å². The highest BCUT2D eigenvalue weighted by Gasteiger charge is 1.99. The van der Waals surface area contributed by atoms with Crippen LogP contribution in [0.5, 0.6) is 0 Å². The van der Waals surface area contributed by atoms with Crippen LogP contribution in [0.15, 0.2) is 0 Å². The summed E-state index contributed by atoms with van der Waals surface area (Å²) in [6.07, 6.45) is 22.7. The van der Waals surface area contributed by atoms with Crippen molar-refractivity contribution in [2.45, 2.75) is 143 Å². The van der Waals surface area contributed by atoms with Crippen molar-refractivity contribution in [3.63, 3.8) is 0 Å². The van der Waals surface area contributed by atoms with Crippen LogP contribution in [-0.4, -0.2) is 19.4 Å². The van der Waals surface area contributed by atoms with E-state index in [4.69, 9.17) is 4.74 Å². The van der Waals surface area contributed by atoms with Crippen molar-refractivity contribution in [1.82, 2.24) is 0 Å². The van der Waals surface area contributed by atoms with Gasteiger partial charge in [0.15, 0.2) is 0 Å². The fourth-order valence-electron chi connectivity index (χ4n) is 3.59. The van der Waals surface area contributed by atoms with Gasteiger partial charge in [0.25, 0.3) is 0 Å². The van der Waals surface area contributed by atoms with Gasteiger partial charge in [-0.25, -0.2) is 4.39 Å². The summed E-state index contributed by atoms with van der Waals surface area (Å²) in [5.41, 5.74) is 0. The second-order valence-electron chi connectivity index (χ2n) is 8.79. The van der Waals surface area contributed by atoms with Gasteiger partial charge >= 0.3 is 0 Å². The molecule has 2 unspecified atom stereocenters. The third kappa shape index (κ3) is 23.9. The van der Waals surface area contributed by atoms with Crippen LogP contribution in [0, 0.1) is 5.92 Å². The van der Waals surface area contributed by atoms with E-state index in [0.717, 1.165) is 32.0 Å². The molecule has 0 aliphatic rings. The van der Waals surface area contributed by atoms with Crippen molar-refractivity contribution in [3.8, 4) is 0 Å². The first-order valence-electron chi connectivity index (χ1n) is 12.4. The Morgan fingerprint density at radius 2 is 0.963 bits per heavy atom. The molecule has 164 valence electrons. The Hall–Kier alpha value is -0.110. The molecule has 0 fully saturated rings. The second kappa shape index (κ2) is 22.2. The van der Waals surface area contributed by atoms with Gasteiger partial charge in [-0.15, -0.1) is 0 Å². The molecule has 0 aromatic heterocycles. The zero-order valence-electron chi connectivity index (χ0n) is 19.1. The lowest BCUT2D eigenvalue weighted by molar-refractivity contribution is 0.123. The SMILES string of the molecule is CCC(C)CCCOCCCCCCCCCCCCCCCCC(C)F. The van der Waals surface area contributed by atoms with Gasteiger partial charge in [-0.1, -0.05) is 104 Å². The van der Waals surface area contributed by atoms with Crippen LogP contribution >= 0.6 is 0 Å². The van der Waals surface area contributed by atoms with E-state index < -0.39 is 6.17 Å². The molecule has 0 N–H and O–H groups in total. The molecule has 0 radical (unpaired) electrons. The molecule has 0 rings (SSSR count). The number of rotatable bonds is 22. The Kier molecular flexibility index (Phi) is 22.1. The molecule has 0 aromatic carbocycles. The van der Waals surface area contributed by atoms with Gasteiger partial charge in [0.05, 0.1) is 6.17 Å². The Labute approximate surface area is 171 Å². The molecule has 27 heavy (non-hydrogen) atoms. The van der Waals surface area contributed by atoms with Crippen molar-refractivity contribution in [2.24, 2.45) is 5.92 Å². The van der Waals surface area contributed by atoms with Crippen LogP contribution in [0.3, 0.4) is 0 Å². The maximum absolute atomic E-state index is 12.6. The highest BCUT2D eigenvalue weighted by molar-refractivity contribution is 4.52. The smallest absolute Gasteiger partial charge is 0.0973 e. The highest BCUT2D eigenvalue weighted by atomic mass is 19.1. The Bertz CT molecular complexity index is 267. The number of hydrogen-bond acceptors (Lipinski definition) is 1. The Balaban J connectivity index is 3.01. The van der Waals surface area contributed by atoms with Gasteiger partial charge in [-0.3, -0.25) is 0 Å². The maximum atomic E-state index is 12.6. The summed E-state index contributed by atoms with van der Waals surface area (Å²) < 4.78 is 18.4. The fraction of sp³-hybridized carbons (Fsp3) is 1.00. The van der Waals surface area contributed by atoms with Gasteiger partial charge in [-0.2, -0.15) is 0 Å². The first-order valence-corrected chi connectivity index (χ1v) is 12.4. The number of unbranched alkanes of at least 4 members (excludes halogenated alkanes) is 13. The molecule has 0 aliphatic carbocycles. The molecule has 0 heterocycles. The molecule has 0 aromatic rings. The van der Waals surface area contributed by atoms with Crippen LogP contribution in [0.1, 0.15) is 136 Å². The summed E-state index contributed by atoms with van der Waals surface area (Å²) >= 11 is 0. The normalized spacial score (nSPS) is 13.8. The predicted octanol–water partition coefficient (Wildman–Crippen LogP) is 9.04. The zero-order chi connectivity index (χ0) is 20.0. The van der Waals surface area contributed by atoms with Crippen LogP contribution < -0.4 is 0 Å². The van der Waals surface area contributed by atoms with E-state index in [1.165, 1.54) is 103 Å². The average Bonchev–Trinajstić information content (AvgIpc) is 2.65. The first kappa shape index (κ1) is 26.9. The molecule has 0 saturated carbocycles. The third-order valence-electron chi connectivity index (χ3n) is 5.82. The number of alkyl halides is 1. The van der Waals surface area contributed by atoms with Crippen molar-refractivity contribution < 1.29 is 9.13 Å². The van der Waals surface area contributed by atoms with E-state index in [0.29, 0.717) is 0 Å². The molecular weight excluding hydrogens is 335 g/mol. The molecule has 0 bridgehead atoms. The molecule has 0 aliphatic heterocycles. The lowest BCUT2D eigenvalue weighted by Crippen LogP contribution is -2.00. The third-order valence-corrected chi connectivity index (χ3v) is 5.82. The predicted molar refractivity (Wildman–Crippen MR) is 119 cm³/mol. The fourth-order valence-corrected chi connectivity index (χ4v) is 3.59. The number of hydrogen-bond donors (Lipinski definition) is 0. The van der Waals surface area contributed by atoms with Gasteiger partial charge in [0.1, 0.15) is 0 Å². The van der Waals surface area contributed by atoms with Crippen LogP contribution in [0.4, 0.5) is 4.39 Å². The van der Waals surface area contributed by atoms with Gasteiger partial charge in [0, 0.05) is 13.2 Å². The molecule has 2 atom stereocenters. The summed E-state index contributed by atoms with van der Waals surface area (Å²) in [7, 11) is 0. The van der Waals surface area contributed by atoms with Crippen molar-refractivity contribution >= 4 is 0 Å². The summed E-state index contributed by atoms with van der Waals surface area (Å²) in [6.45, 7) is 8.20. The average molecular weight is 387 g/mol. The topological polar surface area (TPSA) is 9.23 Å². The Morgan fingerprint density at radius 3 is 1.41 bits per heavy atom. The molecule has 0 amide bonds. The van der Waals surface area contributed by atoms with Gasteiger partial charge in [-0.05, 0) is 38.5 Å². The molecular formula is C25H51FO. The summed E-state index contributed by atoms with van der Waals surface area (Å²) in [5.74, 6) is 0.857. The monoisotopic (exact) mass is 386 g/mol. The number of ether oxygens (including phenoxy) is 1. The minimum atomic E-state index is -0.609. The van der Waals surface area contributed by atoms with E-state index >= 15 is 0 Å². The van der Waals surface area contributed by atoms with E-state index in [9.17, 15) is 4.39 Å². The minimum Gasteiger partial charge on any atom is -0.381 e. The van der Waals surface area contributed by atoms with Gasteiger partial charge < -0.3 is 4.74 Å². The van der Waals surface area contributed by atoms with Crippen LogP contribution in [-0.2, 0) is 4.74 Å². The Morgan fingerprint density at radius 1 is 0.556 bits per heavy atom. The molecule has 1 nitrogen and oxygen atoms in total. The largest absolute Gasteiger partial charge is 0.381 e. The highest BCUT2D eigenvalue weighted by Crippen LogP contribution is 2.14. The standard InChI is InChI=1S/C25H51FO/c1-4-24(2)20-19-23-27-22-18-16-14-12-10-8-6-5-7-9-11-13-15-17-21-25(3)26/h24-25H,4-23H2,1-3H3. The molecule has 2 heteroatoms. The zero-order valence-corrected chi connectivity index (χ0v) is 19.1. The first-order chi connectivity index (χ1) is 13.2. The summed E-state index contributed by atoms with van der Waals surface area (Å²) in [5, 5.41) is 0. The lowest BCUT2D eigenvalue weighted by Gasteiger charge is -2.08. The number of halogens is 1. The van der Waals surface area contributed by atoms with E-state index in [1.807, 2.05) is 0 Å². The quantitative estimate of drug-likeness (QED) is 0.169. The van der Waals surface area contributed by atoms with Crippen molar-refractivity contribution in [1.29, 1.82) is 0 Å².